The second-order valence-electron chi connectivity index (χ2n) is 12.9. The summed E-state index contributed by atoms with van der Waals surface area (Å²) in [5, 5.41) is 4.78. The van der Waals surface area contributed by atoms with Crippen molar-refractivity contribution in [1.82, 2.24) is 0 Å². The molecular weight excluding hydrogens is 639 g/mol. The minimum atomic E-state index is 0.897. The second kappa shape index (κ2) is 12.2. The topological polar surface area (TPSA) is 16.4 Å². The van der Waals surface area contributed by atoms with Crippen molar-refractivity contribution in [1.29, 1.82) is 0 Å². The van der Waals surface area contributed by atoms with Gasteiger partial charge in [-0.1, -0.05) is 140 Å². The standard InChI is InChI=1S/C48H31NOS/c1-3-13-32(14-4-1)33-25-27-35(28-26-33)49(43-21-12-24-46-47(43)41-18-8-10-23-45(41)51-46)36-29-30-37(34-15-5-2-6-16-34)42(31-36)40-20-11-19-39-38-17-7-9-22-44(38)50-48(39)40/h1-31H. The molecule has 0 bridgehead atoms. The average molecular weight is 670 g/mol. The van der Waals surface area contributed by atoms with Crippen LogP contribution in [0.2, 0.25) is 0 Å². The number of hydrogen-bond acceptors (Lipinski definition) is 3. The first-order valence-corrected chi connectivity index (χ1v) is 18.1. The molecule has 0 fully saturated rings. The van der Waals surface area contributed by atoms with Gasteiger partial charge in [0.15, 0.2) is 0 Å². The first kappa shape index (κ1) is 29.5. The van der Waals surface area contributed by atoms with Crippen LogP contribution in [0.15, 0.2) is 192 Å². The van der Waals surface area contributed by atoms with Crippen LogP contribution in [0, 0.1) is 0 Å². The van der Waals surface area contributed by atoms with E-state index in [0.717, 1.165) is 61.3 Å². The molecule has 0 aliphatic carbocycles. The van der Waals surface area contributed by atoms with Gasteiger partial charge in [0.25, 0.3) is 0 Å². The summed E-state index contributed by atoms with van der Waals surface area (Å²) in [6, 6.07) is 67.4. The molecule has 8 aromatic carbocycles. The number of nitrogens with zero attached hydrogens (tertiary/aromatic N) is 1. The Morgan fingerprint density at radius 1 is 0.392 bits per heavy atom. The van der Waals surface area contributed by atoms with Crippen LogP contribution in [-0.4, -0.2) is 0 Å². The molecule has 0 aliphatic heterocycles. The number of benzene rings is 8. The van der Waals surface area contributed by atoms with Gasteiger partial charge in [0, 0.05) is 47.9 Å². The molecule has 0 N–H and O–H groups in total. The predicted octanol–water partition coefficient (Wildman–Crippen LogP) is 14.4. The van der Waals surface area contributed by atoms with Crippen molar-refractivity contribution in [3.63, 3.8) is 0 Å². The van der Waals surface area contributed by atoms with E-state index in [2.05, 4.69) is 187 Å². The van der Waals surface area contributed by atoms with Gasteiger partial charge in [-0.05, 0) is 76.3 Å². The maximum atomic E-state index is 6.64. The molecule has 2 aromatic heterocycles. The number of hydrogen-bond donors (Lipinski definition) is 0. The lowest BCUT2D eigenvalue weighted by Crippen LogP contribution is -2.10. The molecule has 2 nitrogen and oxygen atoms in total. The summed E-state index contributed by atoms with van der Waals surface area (Å²) in [6.07, 6.45) is 0. The van der Waals surface area contributed by atoms with Gasteiger partial charge in [-0.25, -0.2) is 0 Å². The minimum absolute atomic E-state index is 0.897. The molecule has 240 valence electrons. The van der Waals surface area contributed by atoms with E-state index in [0.29, 0.717) is 0 Å². The van der Waals surface area contributed by atoms with Crippen LogP contribution in [0.3, 0.4) is 0 Å². The number of anilines is 3. The fraction of sp³-hybridized carbons (Fsp3) is 0. The Kier molecular flexibility index (Phi) is 7.04. The normalized spacial score (nSPS) is 11.5. The highest BCUT2D eigenvalue weighted by Crippen LogP contribution is 2.47. The smallest absolute Gasteiger partial charge is 0.143 e. The van der Waals surface area contributed by atoms with Crippen molar-refractivity contribution in [2.45, 2.75) is 0 Å². The second-order valence-corrected chi connectivity index (χ2v) is 14.0. The lowest BCUT2D eigenvalue weighted by molar-refractivity contribution is 0.670. The molecule has 0 amide bonds. The summed E-state index contributed by atoms with van der Waals surface area (Å²) in [5.74, 6) is 0. The van der Waals surface area contributed by atoms with E-state index >= 15 is 0 Å². The average Bonchev–Trinajstić information content (AvgIpc) is 3.78. The SMILES string of the molecule is c1ccc(-c2ccc(N(c3ccc(-c4ccccc4)c(-c4cccc5c4oc4ccccc45)c3)c3cccc4sc5ccccc5c34)cc2)cc1. The van der Waals surface area contributed by atoms with Gasteiger partial charge in [0.1, 0.15) is 11.2 Å². The highest BCUT2D eigenvalue weighted by atomic mass is 32.1. The first-order valence-electron chi connectivity index (χ1n) is 17.3. The van der Waals surface area contributed by atoms with Crippen LogP contribution < -0.4 is 4.90 Å². The summed E-state index contributed by atoms with van der Waals surface area (Å²) in [7, 11) is 0. The van der Waals surface area contributed by atoms with Crippen LogP contribution in [0.1, 0.15) is 0 Å². The maximum absolute atomic E-state index is 6.64. The van der Waals surface area contributed by atoms with Crippen LogP contribution in [0.5, 0.6) is 0 Å². The Hall–Kier alpha value is -6.42. The van der Waals surface area contributed by atoms with Gasteiger partial charge >= 0.3 is 0 Å². The number of fused-ring (bicyclic) bond motifs is 6. The lowest BCUT2D eigenvalue weighted by Gasteiger charge is -2.28. The van der Waals surface area contributed by atoms with Gasteiger partial charge < -0.3 is 9.32 Å². The Morgan fingerprint density at radius 2 is 1.02 bits per heavy atom. The number of rotatable bonds is 6. The molecule has 10 aromatic rings. The van der Waals surface area contributed by atoms with E-state index in [-0.39, 0.29) is 0 Å². The van der Waals surface area contributed by atoms with Crippen LogP contribution in [0.25, 0.3) is 75.5 Å². The molecule has 0 unspecified atom stereocenters. The van der Waals surface area contributed by atoms with Crippen LogP contribution in [0.4, 0.5) is 17.1 Å². The Labute approximate surface area is 300 Å². The van der Waals surface area contributed by atoms with E-state index in [1.165, 1.54) is 31.3 Å². The Balaban J connectivity index is 1.24. The predicted molar refractivity (Wildman–Crippen MR) is 218 cm³/mol. The molecule has 3 heteroatoms. The molecule has 0 saturated carbocycles. The van der Waals surface area contributed by atoms with Gasteiger partial charge in [0.2, 0.25) is 0 Å². The Morgan fingerprint density at radius 3 is 1.84 bits per heavy atom. The van der Waals surface area contributed by atoms with E-state index in [4.69, 9.17) is 4.42 Å². The molecule has 51 heavy (non-hydrogen) atoms. The molecule has 10 rings (SSSR count). The summed E-state index contributed by atoms with van der Waals surface area (Å²) in [4.78, 5) is 2.42. The summed E-state index contributed by atoms with van der Waals surface area (Å²) < 4.78 is 9.20. The quantitative estimate of drug-likeness (QED) is 0.175. The molecule has 2 heterocycles. The third kappa shape index (κ3) is 5.01. The van der Waals surface area contributed by atoms with Crippen LogP contribution >= 0.6 is 11.3 Å². The lowest BCUT2D eigenvalue weighted by atomic mass is 9.92. The zero-order valence-electron chi connectivity index (χ0n) is 27.7. The van der Waals surface area contributed by atoms with E-state index in [1.807, 2.05) is 17.4 Å². The molecule has 0 saturated heterocycles. The highest BCUT2D eigenvalue weighted by molar-refractivity contribution is 7.26. The van der Waals surface area contributed by atoms with E-state index in [9.17, 15) is 0 Å². The van der Waals surface area contributed by atoms with Gasteiger partial charge in [-0.3, -0.25) is 0 Å². The maximum Gasteiger partial charge on any atom is 0.143 e. The Bertz CT molecular complexity index is 2850. The monoisotopic (exact) mass is 669 g/mol. The van der Waals surface area contributed by atoms with Crippen molar-refractivity contribution in [2.75, 3.05) is 4.90 Å². The van der Waals surface area contributed by atoms with Crippen LogP contribution in [-0.2, 0) is 0 Å². The van der Waals surface area contributed by atoms with E-state index < -0.39 is 0 Å². The van der Waals surface area contributed by atoms with Gasteiger partial charge in [-0.15, -0.1) is 11.3 Å². The summed E-state index contributed by atoms with van der Waals surface area (Å²) >= 11 is 1.85. The van der Waals surface area contributed by atoms with Crippen molar-refractivity contribution in [3.05, 3.63) is 188 Å². The zero-order chi connectivity index (χ0) is 33.7. The molecule has 0 aliphatic rings. The number of para-hydroxylation sites is 2. The number of furan rings is 1. The molecular formula is C48H31NOS. The van der Waals surface area contributed by atoms with E-state index in [1.54, 1.807) is 0 Å². The van der Waals surface area contributed by atoms with Gasteiger partial charge in [0.05, 0.1) is 5.69 Å². The first-order chi connectivity index (χ1) is 25.3. The minimum Gasteiger partial charge on any atom is -0.455 e. The van der Waals surface area contributed by atoms with Crippen molar-refractivity contribution in [2.24, 2.45) is 0 Å². The fourth-order valence-corrected chi connectivity index (χ4v) is 8.65. The molecule has 0 radical (unpaired) electrons. The largest absolute Gasteiger partial charge is 0.455 e. The third-order valence-electron chi connectivity index (χ3n) is 9.89. The zero-order valence-corrected chi connectivity index (χ0v) is 28.5. The third-order valence-corrected chi connectivity index (χ3v) is 11.0. The van der Waals surface area contributed by atoms with Crippen molar-refractivity contribution < 1.29 is 4.42 Å². The highest BCUT2D eigenvalue weighted by Gasteiger charge is 2.22. The van der Waals surface area contributed by atoms with Crippen molar-refractivity contribution in [3.8, 4) is 33.4 Å². The number of thiophene rings is 1. The van der Waals surface area contributed by atoms with Gasteiger partial charge in [-0.2, -0.15) is 0 Å². The van der Waals surface area contributed by atoms with Crippen molar-refractivity contribution >= 4 is 70.5 Å². The molecule has 0 spiro atoms. The summed E-state index contributed by atoms with van der Waals surface area (Å²) in [5.41, 5.74) is 12.0. The fourth-order valence-electron chi connectivity index (χ4n) is 7.53. The summed E-state index contributed by atoms with van der Waals surface area (Å²) in [6.45, 7) is 0. The molecule has 0 atom stereocenters.